The van der Waals surface area contributed by atoms with Gasteiger partial charge in [0.25, 0.3) is 5.71 Å². The number of pyridine rings is 1. The van der Waals surface area contributed by atoms with Gasteiger partial charge in [0.05, 0.1) is 5.69 Å². The number of nitrogens with zero attached hydrogens (tertiary/aromatic N) is 5. The number of hydrogen-bond acceptors (Lipinski definition) is 7. The summed E-state index contributed by atoms with van der Waals surface area (Å²) < 4.78 is 5.40. The zero-order chi connectivity index (χ0) is 19.3. The average Bonchev–Trinajstić information content (AvgIpc) is 3.12. The van der Waals surface area contributed by atoms with E-state index in [4.69, 9.17) is 9.51 Å². The molecular weight excluding hydrogens is 356 g/mol. The lowest BCUT2D eigenvalue weighted by molar-refractivity contribution is -0.121. The molecule has 1 amide bonds. The minimum atomic E-state index is -0.0409. The Morgan fingerprint density at radius 3 is 2.89 bits per heavy atom. The first-order valence-corrected chi connectivity index (χ1v) is 9.74. The van der Waals surface area contributed by atoms with Crippen LogP contribution in [-0.2, 0) is 17.8 Å². The second-order valence-corrected chi connectivity index (χ2v) is 7.10. The summed E-state index contributed by atoms with van der Waals surface area (Å²) in [5, 5.41) is 7.85. The standard InChI is InChI=1S/C20H24N6O2/c1-14-18-19(26-10-3-2-4-11-26)23-16(24-20(18)28-25-14)7-8-17(27)22-13-15-6-5-9-21-12-15/h5-6,9,12H,2-4,7-8,10-11,13H2,1H3,(H,22,27). The van der Waals surface area contributed by atoms with E-state index in [2.05, 4.69) is 25.3 Å². The van der Waals surface area contributed by atoms with Crippen LogP contribution in [-0.4, -0.2) is 39.1 Å². The molecule has 3 aromatic rings. The number of rotatable bonds is 6. The number of aryl methyl sites for hydroxylation is 2. The summed E-state index contributed by atoms with van der Waals surface area (Å²) in [7, 11) is 0. The monoisotopic (exact) mass is 380 g/mol. The lowest BCUT2D eigenvalue weighted by Crippen LogP contribution is -2.30. The van der Waals surface area contributed by atoms with Crippen molar-refractivity contribution < 1.29 is 9.32 Å². The highest BCUT2D eigenvalue weighted by atomic mass is 16.5. The first-order chi connectivity index (χ1) is 13.7. The molecule has 1 aliphatic rings. The Morgan fingerprint density at radius 2 is 2.11 bits per heavy atom. The van der Waals surface area contributed by atoms with Gasteiger partial charge in [-0.1, -0.05) is 11.2 Å². The third-order valence-corrected chi connectivity index (χ3v) is 4.98. The highest BCUT2D eigenvalue weighted by molar-refractivity contribution is 5.88. The highest BCUT2D eigenvalue weighted by Gasteiger charge is 2.21. The maximum Gasteiger partial charge on any atom is 0.263 e. The molecule has 1 fully saturated rings. The number of fused-ring (bicyclic) bond motifs is 1. The number of hydrogen-bond donors (Lipinski definition) is 1. The van der Waals surface area contributed by atoms with Crippen molar-refractivity contribution in [3.63, 3.8) is 0 Å². The molecule has 0 aliphatic carbocycles. The van der Waals surface area contributed by atoms with Crippen LogP contribution >= 0.6 is 0 Å². The minimum absolute atomic E-state index is 0.0409. The van der Waals surface area contributed by atoms with Crippen molar-refractivity contribution in [2.45, 2.75) is 45.6 Å². The molecule has 28 heavy (non-hydrogen) atoms. The van der Waals surface area contributed by atoms with Crippen molar-refractivity contribution >= 4 is 22.8 Å². The van der Waals surface area contributed by atoms with Crippen LogP contribution < -0.4 is 10.2 Å². The number of aromatic nitrogens is 4. The van der Waals surface area contributed by atoms with Crippen molar-refractivity contribution in [2.24, 2.45) is 0 Å². The normalized spacial score (nSPS) is 14.4. The Morgan fingerprint density at radius 1 is 1.25 bits per heavy atom. The molecule has 0 aromatic carbocycles. The van der Waals surface area contributed by atoms with E-state index in [-0.39, 0.29) is 5.91 Å². The van der Waals surface area contributed by atoms with Crippen LogP contribution in [0.25, 0.3) is 11.1 Å². The number of carbonyl (C=O) groups excluding carboxylic acids is 1. The summed E-state index contributed by atoms with van der Waals surface area (Å²) in [6, 6.07) is 3.79. The van der Waals surface area contributed by atoms with Crippen LogP contribution in [0.1, 0.15) is 42.8 Å². The number of nitrogens with one attached hydrogen (secondary N) is 1. The van der Waals surface area contributed by atoms with Crippen molar-refractivity contribution in [3.8, 4) is 0 Å². The van der Waals surface area contributed by atoms with Gasteiger partial charge in [-0.25, -0.2) is 4.98 Å². The summed E-state index contributed by atoms with van der Waals surface area (Å²) in [5.41, 5.74) is 2.27. The van der Waals surface area contributed by atoms with E-state index < -0.39 is 0 Å². The van der Waals surface area contributed by atoms with Gasteiger partial charge in [0.1, 0.15) is 17.0 Å². The lowest BCUT2D eigenvalue weighted by Gasteiger charge is -2.28. The van der Waals surface area contributed by atoms with Crippen molar-refractivity contribution in [1.82, 2.24) is 25.4 Å². The lowest BCUT2D eigenvalue weighted by atomic mass is 10.1. The zero-order valence-corrected chi connectivity index (χ0v) is 16.0. The summed E-state index contributed by atoms with van der Waals surface area (Å²) >= 11 is 0. The molecule has 1 N–H and O–H groups in total. The van der Waals surface area contributed by atoms with Crippen LogP contribution in [0.15, 0.2) is 29.0 Å². The fourth-order valence-electron chi connectivity index (χ4n) is 3.48. The third kappa shape index (κ3) is 4.11. The molecule has 3 aromatic heterocycles. The van der Waals surface area contributed by atoms with Gasteiger partial charge in [-0.2, -0.15) is 4.98 Å². The van der Waals surface area contributed by atoms with Gasteiger partial charge in [0, 0.05) is 44.9 Å². The molecule has 8 nitrogen and oxygen atoms in total. The van der Waals surface area contributed by atoms with Crippen LogP contribution in [0.4, 0.5) is 5.82 Å². The molecule has 0 unspecified atom stereocenters. The van der Waals surface area contributed by atoms with Gasteiger partial charge in [-0.05, 0) is 37.8 Å². The third-order valence-electron chi connectivity index (χ3n) is 4.98. The maximum absolute atomic E-state index is 12.2. The van der Waals surface area contributed by atoms with Crippen molar-refractivity contribution in [3.05, 3.63) is 41.6 Å². The summed E-state index contributed by atoms with van der Waals surface area (Å²) in [4.78, 5) is 27.8. The first-order valence-electron chi connectivity index (χ1n) is 9.74. The van der Waals surface area contributed by atoms with Gasteiger partial charge in [-0.3, -0.25) is 9.78 Å². The van der Waals surface area contributed by atoms with Gasteiger partial charge in [0.15, 0.2) is 0 Å². The summed E-state index contributed by atoms with van der Waals surface area (Å²) in [6.07, 6.45) is 7.78. The van der Waals surface area contributed by atoms with Crippen LogP contribution in [0.5, 0.6) is 0 Å². The fraction of sp³-hybridized carbons (Fsp3) is 0.450. The molecule has 0 bridgehead atoms. The molecule has 4 rings (SSSR count). The molecule has 8 heteroatoms. The largest absolute Gasteiger partial charge is 0.356 e. The van der Waals surface area contributed by atoms with Gasteiger partial charge in [0.2, 0.25) is 5.91 Å². The number of anilines is 1. The SMILES string of the molecule is Cc1noc2nc(CCC(=O)NCc3cccnc3)nc(N3CCCCC3)c12. The summed E-state index contributed by atoms with van der Waals surface area (Å²) in [5.74, 6) is 1.45. The zero-order valence-electron chi connectivity index (χ0n) is 16.0. The van der Waals surface area contributed by atoms with E-state index in [9.17, 15) is 4.79 Å². The smallest absolute Gasteiger partial charge is 0.263 e. The Hall–Kier alpha value is -3.03. The topological polar surface area (TPSA) is 97.0 Å². The molecule has 146 valence electrons. The Kier molecular flexibility index (Phi) is 5.45. The second kappa shape index (κ2) is 8.33. The van der Waals surface area contributed by atoms with Crippen LogP contribution in [0.3, 0.4) is 0 Å². The van der Waals surface area contributed by atoms with Crippen LogP contribution in [0, 0.1) is 6.92 Å². The number of carbonyl (C=O) groups is 1. The molecular formula is C20H24N6O2. The van der Waals surface area contributed by atoms with E-state index >= 15 is 0 Å². The fourth-order valence-corrected chi connectivity index (χ4v) is 3.48. The molecule has 1 saturated heterocycles. The van der Waals surface area contributed by atoms with E-state index in [0.717, 1.165) is 48.4 Å². The number of piperidine rings is 1. The quantitative estimate of drug-likeness (QED) is 0.702. The van der Waals surface area contributed by atoms with Gasteiger partial charge in [-0.15, -0.1) is 0 Å². The molecule has 0 saturated carbocycles. The molecule has 4 heterocycles. The Balaban J connectivity index is 1.45. The Bertz CT molecular complexity index is 950. The van der Waals surface area contributed by atoms with Gasteiger partial charge >= 0.3 is 0 Å². The highest BCUT2D eigenvalue weighted by Crippen LogP contribution is 2.29. The van der Waals surface area contributed by atoms with E-state index in [1.807, 2.05) is 19.1 Å². The van der Waals surface area contributed by atoms with E-state index in [0.29, 0.717) is 30.9 Å². The van der Waals surface area contributed by atoms with E-state index in [1.165, 1.54) is 6.42 Å². The number of amides is 1. The summed E-state index contributed by atoms with van der Waals surface area (Å²) in [6.45, 7) is 4.32. The first kappa shape index (κ1) is 18.3. The molecule has 1 aliphatic heterocycles. The minimum Gasteiger partial charge on any atom is -0.356 e. The van der Waals surface area contributed by atoms with Crippen LogP contribution in [0.2, 0.25) is 0 Å². The predicted molar refractivity (Wildman–Crippen MR) is 105 cm³/mol. The van der Waals surface area contributed by atoms with Gasteiger partial charge < -0.3 is 14.7 Å². The molecule has 0 spiro atoms. The maximum atomic E-state index is 12.2. The van der Waals surface area contributed by atoms with E-state index in [1.54, 1.807) is 12.4 Å². The van der Waals surface area contributed by atoms with Crippen molar-refractivity contribution in [1.29, 1.82) is 0 Å². The predicted octanol–water partition coefficient (Wildman–Crippen LogP) is 2.56. The average molecular weight is 380 g/mol. The molecule has 0 radical (unpaired) electrons. The van der Waals surface area contributed by atoms with Crippen molar-refractivity contribution in [2.75, 3.05) is 18.0 Å². The Labute approximate surface area is 163 Å². The second-order valence-electron chi connectivity index (χ2n) is 7.10. The molecule has 0 atom stereocenters.